The number of nitrogens with zero attached hydrogens (tertiary/aromatic N) is 2. The zero-order valence-corrected chi connectivity index (χ0v) is 17.7. The maximum Gasteiger partial charge on any atom is 0.410 e. The first-order valence-corrected chi connectivity index (χ1v) is 10.2. The molecule has 2 aromatic carbocycles. The van der Waals surface area contributed by atoms with Gasteiger partial charge in [-0.25, -0.2) is 4.68 Å². The predicted molar refractivity (Wildman–Crippen MR) is 114 cm³/mol. The Bertz CT molecular complexity index is 1120. The molecule has 0 saturated heterocycles. The predicted octanol–water partition coefficient (Wildman–Crippen LogP) is 5.14. The van der Waals surface area contributed by atoms with Gasteiger partial charge in [0, 0.05) is 18.0 Å². The average molecular weight is 465 g/mol. The molecule has 0 saturated carbocycles. The van der Waals surface area contributed by atoms with Crippen LogP contribution in [0.1, 0.15) is 40.0 Å². The number of hydrogen-bond acceptors (Lipinski definition) is 4. The molecule has 168 valence electrons. The van der Waals surface area contributed by atoms with Crippen LogP contribution in [0.3, 0.4) is 0 Å². The fourth-order valence-corrected chi connectivity index (χ4v) is 3.81. The van der Waals surface area contributed by atoms with Crippen LogP contribution in [0.5, 0.6) is 5.75 Å². The molecule has 2 heterocycles. The Morgan fingerprint density at radius 2 is 2.03 bits per heavy atom. The van der Waals surface area contributed by atoms with Crippen LogP contribution in [0.2, 0.25) is 5.02 Å². The molecule has 0 radical (unpaired) electrons. The molecule has 0 fully saturated rings. The van der Waals surface area contributed by atoms with Crippen LogP contribution in [0.4, 0.5) is 19.0 Å². The lowest BCUT2D eigenvalue weighted by molar-refractivity contribution is -0.173. The van der Waals surface area contributed by atoms with E-state index >= 15 is 0 Å². The van der Waals surface area contributed by atoms with Gasteiger partial charge in [0.25, 0.3) is 5.91 Å². The van der Waals surface area contributed by atoms with E-state index in [9.17, 15) is 18.0 Å². The van der Waals surface area contributed by atoms with Crippen LogP contribution in [0.15, 0.2) is 54.7 Å². The van der Waals surface area contributed by atoms with E-state index in [1.54, 1.807) is 48.5 Å². The smallest absolute Gasteiger partial charge is 0.410 e. The van der Waals surface area contributed by atoms with Crippen LogP contribution in [0.25, 0.3) is 0 Å². The van der Waals surface area contributed by atoms with E-state index in [1.165, 1.54) is 7.11 Å². The molecule has 0 unspecified atom stereocenters. The zero-order valence-electron chi connectivity index (χ0n) is 17.0. The highest BCUT2D eigenvalue weighted by atomic mass is 35.5. The van der Waals surface area contributed by atoms with Crippen molar-refractivity contribution in [2.75, 3.05) is 12.4 Å². The molecule has 0 bridgehead atoms. The van der Waals surface area contributed by atoms with Gasteiger partial charge < -0.3 is 15.4 Å². The summed E-state index contributed by atoms with van der Waals surface area (Å²) in [6, 6.07) is 11.2. The molecule has 3 aromatic rings. The number of carbonyl (C=O) groups excluding carboxylic acids is 1. The molecule has 6 nitrogen and oxygen atoms in total. The Balaban J connectivity index is 1.61. The SMILES string of the molecule is COc1cccc([C@H]2C[C@@H](C(F)(F)F)n3ncc(C(=O)NCc4ccc(Cl)cc4)c3N2)c1. The monoisotopic (exact) mass is 464 g/mol. The van der Waals surface area contributed by atoms with Gasteiger partial charge in [-0.2, -0.15) is 18.3 Å². The first kappa shape index (κ1) is 22.0. The third-order valence-corrected chi connectivity index (χ3v) is 5.60. The number of methoxy groups -OCH3 is 1. The molecule has 10 heteroatoms. The van der Waals surface area contributed by atoms with Gasteiger partial charge in [-0.15, -0.1) is 0 Å². The molecular formula is C22H20ClF3N4O2. The van der Waals surface area contributed by atoms with E-state index in [0.717, 1.165) is 16.4 Å². The number of hydrogen-bond donors (Lipinski definition) is 2. The molecule has 1 aliphatic rings. The lowest BCUT2D eigenvalue weighted by atomic mass is 9.96. The summed E-state index contributed by atoms with van der Waals surface area (Å²) in [4.78, 5) is 12.8. The second-order valence-corrected chi connectivity index (χ2v) is 7.86. The van der Waals surface area contributed by atoms with Crippen molar-refractivity contribution in [2.24, 2.45) is 0 Å². The standard InChI is InChI=1S/C22H20ClF3N4O2/c1-32-16-4-2-3-14(9-16)18-10-19(22(24,25)26)30-20(29-18)17(12-28-30)21(31)27-11-13-5-7-15(23)8-6-13/h2-9,12,18-19,29H,10-11H2,1H3,(H,27,31)/t18-,19+/m1/s1. The van der Waals surface area contributed by atoms with Crippen molar-refractivity contribution in [3.63, 3.8) is 0 Å². The van der Waals surface area contributed by atoms with Gasteiger partial charge in [-0.3, -0.25) is 4.79 Å². The quantitative estimate of drug-likeness (QED) is 0.549. The van der Waals surface area contributed by atoms with Gasteiger partial charge >= 0.3 is 6.18 Å². The number of alkyl halides is 3. The number of benzene rings is 2. The van der Waals surface area contributed by atoms with Crippen molar-refractivity contribution in [3.05, 3.63) is 76.4 Å². The fraction of sp³-hybridized carbons (Fsp3) is 0.273. The Morgan fingerprint density at radius 1 is 1.28 bits per heavy atom. The molecule has 0 aliphatic carbocycles. The number of ether oxygens (including phenoxy) is 1. The number of aromatic nitrogens is 2. The number of carbonyl (C=O) groups is 1. The van der Waals surface area contributed by atoms with Crippen LogP contribution >= 0.6 is 11.6 Å². The summed E-state index contributed by atoms with van der Waals surface area (Å²) in [6.45, 7) is 0.197. The largest absolute Gasteiger partial charge is 0.497 e. The van der Waals surface area contributed by atoms with Crippen LogP contribution in [0, 0.1) is 0 Å². The number of amides is 1. The first-order chi connectivity index (χ1) is 15.3. The molecule has 2 atom stereocenters. The lowest BCUT2D eigenvalue weighted by Crippen LogP contribution is -2.36. The molecular weight excluding hydrogens is 445 g/mol. The van der Waals surface area contributed by atoms with E-state index in [2.05, 4.69) is 15.7 Å². The molecule has 1 aliphatic heterocycles. The van der Waals surface area contributed by atoms with Crippen molar-refractivity contribution in [1.29, 1.82) is 0 Å². The van der Waals surface area contributed by atoms with Crippen molar-refractivity contribution < 1.29 is 22.7 Å². The van der Waals surface area contributed by atoms with E-state index in [-0.39, 0.29) is 24.3 Å². The van der Waals surface area contributed by atoms with Gasteiger partial charge in [-0.05, 0) is 35.4 Å². The number of nitrogens with one attached hydrogen (secondary N) is 2. The Hall–Kier alpha value is -3.20. The first-order valence-electron chi connectivity index (χ1n) is 9.83. The molecule has 0 spiro atoms. The van der Waals surface area contributed by atoms with E-state index in [4.69, 9.17) is 16.3 Å². The van der Waals surface area contributed by atoms with Crippen LogP contribution in [-0.4, -0.2) is 29.0 Å². The third kappa shape index (κ3) is 4.52. The summed E-state index contributed by atoms with van der Waals surface area (Å²) in [5.74, 6) is 0.0359. The van der Waals surface area contributed by atoms with Crippen molar-refractivity contribution >= 4 is 23.3 Å². The van der Waals surface area contributed by atoms with Crippen molar-refractivity contribution in [2.45, 2.75) is 31.2 Å². The lowest BCUT2D eigenvalue weighted by Gasteiger charge is -2.34. The highest BCUT2D eigenvalue weighted by Crippen LogP contribution is 2.44. The van der Waals surface area contributed by atoms with E-state index in [1.807, 2.05) is 0 Å². The summed E-state index contributed by atoms with van der Waals surface area (Å²) >= 11 is 5.86. The molecule has 4 rings (SSSR count). The number of anilines is 1. The fourth-order valence-electron chi connectivity index (χ4n) is 3.69. The summed E-state index contributed by atoms with van der Waals surface area (Å²) in [5, 5.41) is 10.2. The Morgan fingerprint density at radius 3 is 2.72 bits per heavy atom. The van der Waals surface area contributed by atoms with Gasteiger partial charge in [0.15, 0.2) is 6.04 Å². The maximum atomic E-state index is 13.8. The highest BCUT2D eigenvalue weighted by Gasteiger charge is 2.47. The minimum absolute atomic E-state index is 0.0278. The van der Waals surface area contributed by atoms with E-state index < -0.39 is 24.2 Å². The van der Waals surface area contributed by atoms with Crippen LogP contribution in [-0.2, 0) is 6.54 Å². The number of rotatable bonds is 5. The minimum atomic E-state index is -4.53. The second-order valence-electron chi connectivity index (χ2n) is 7.43. The Labute approximate surface area is 187 Å². The topological polar surface area (TPSA) is 68.2 Å². The number of halogens is 4. The Kier molecular flexibility index (Phi) is 6.01. The van der Waals surface area contributed by atoms with Gasteiger partial charge in [0.1, 0.15) is 17.1 Å². The summed E-state index contributed by atoms with van der Waals surface area (Å²) in [5.41, 5.74) is 1.47. The maximum absolute atomic E-state index is 13.8. The average Bonchev–Trinajstić information content (AvgIpc) is 3.21. The van der Waals surface area contributed by atoms with Gasteiger partial charge in [0.05, 0.1) is 19.3 Å². The molecule has 32 heavy (non-hydrogen) atoms. The van der Waals surface area contributed by atoms with E-state index in [0.29, 0.717) is 16.3 Å². The van der Waals surface area contributed by atoms with Crippen molar-refractivity contribution in [3.8, 4) is 5.75 Å². The normalized spacial score (nSPS) is 17.9. The molecule has 2 N–H and O–H groups in total. The van der Waals surface area contributed by atoms with Gasteiger partial charge in [-0.1, -0.05) is 35.9 Å². The molecule has 1 amide bonds. The highest BCUT2D eigenvalue weighted by molar-refractivity contribution is 6.30. The third-order valence-electron chi connectivity index (χ3n) is 5.35. The summed E-state index contributed by atoms with van der Waals surface area (Å²) < 4.78 is 47.6. The van der Waals surface area contributed by atoms with Crippen molar-refractivity contribution in [1.82, 2.24) is 15.1 Å². The molecule has 1 aromatic heterocycles. The summed E-state index contributed by atoms with van der Waals surface area (Å²) in [7, 11) is 1.49. The second kappa shape index (κ2) is 8.74. The minimum Gasteiger partial charge on any atom is -0.497 e. The van der Waals surface area contributed by atoms with Gasteiger partial charge in [0.2, 0.25) is 0 Å². The number of fused-ring (bicyclic) bond motifs is 1. The summed E-state index contributed by atoms with van der Waals surface area (Å²) in [6.07, 6.45) is -3.64. The zero-order chi connectivity index (χ0) is 22.9. The van der Waals surface area contributed by atoms with Crippen LogP contribution < -0.4 is 15.4 Å².